The van der Waals surface area contributed by atoms with Crippen LogP contribution >= 0.6 is 0 Å². The monoisotopic (exact) mass is 284 g/mol. The normalized spacial score (nSPS) is 25.6. The number of ether oxygens (including phenoxy) is 1. The molecule has 21 heavy (non-hydrogen) atoms. The molecule has 0 aliphatic heterocycles. The fourth-order valence-corrected chi connectivity index (χ4v) is 2.73. The van der Waals surface area contributed by atoms with Gasteiger partial charge in [0, 0.05) is 5.92 Å². The number of aliphatic hydroxyl groups is 1. The van der Waals surface area contributed by atoms with Gasteiger partial charge in [-0.1, -0.05) is 19.1 Å². The third-order valence-corrected chi connectivity index (χ3v) is 4.39. The van der Waals surface area contributed by atoms with Crippen LogP contribution in [0.2, 0.25) is 0 Å². The van der Waals surface area contributed by atoms with Gasteiger partial charge in [0.15, 0.2) is 0 Å². The van der Waals surface area contributed by atoms with E-state index in [-0.39, 0.29) is 0 Å². The highest BCUT2D eigenvalue weighted by atomic mass is 16.5. The lowest BCUT2D eigenvalue weighted by Crippen LogP contribution is -2.00. The zero-order valence-electron chi connectivity index (χ0n) is 12.2. The Hall–Kier alpha value is -1.74. The van der Waals surface area contributed by atoms with E-state index >= 15 is 0 Å². The first kappa shape index (κ1) is 13.0. The molecule has 0 saturated heterocycles. The first-order valence-corrected chi connectivity index (χ1v) is 7.75. The van der Waals surface area contributed by atoms with Crippen molar-refractivity contribution in [3.63, 3.8) is 0 Å². The Morgan fingerprint density at radius 3 is 2.76 bits per heavy atom. The van der Waals surface area contributed by atoms with Crippen molar-refractivity contribution in [2.24, 2.45) is 5.92 Å². The summed E-state index contributed by atoms with van der Waals surface area (Å²) >= 11 is 0. The maximum Gasteiger partial charge on any atom is 0.137 e. The lowest BCUT2D eigenvalue weighted by molar-refractivity contribution is 0.186. The summed E-state index contributed by atoms with van der Waals surface area (Å²) in [5.74, 6) is 3.69. The molecule has 2 aromatic rings. The van der Waals surface area contributed by atoms with Gasteiger partial charge in [0.05, 0.1) is 6.10 Å². The van der Waals surface area contributed by atoms with Gasteiger partial charge in [0.25, 0.3) is 0 Å². The number of rotatable bonds is 5. The number of furan rings is 1. The number of benzene rings is 1. The summed E-state index contributed by atoms with van der Waals surface area (Å²) in [5, 5.41) is 10.5. The molecule has 2 aliphatic rings. The number of aliphatic hydroxyl groups excluding tert-OH is 1. The van der Waals surface area contributed by atoms with Crippen LogP contribution in [0.15, 0.2) is 40.8 Å². The quantitative estimate of drug-likeness (QED) is 0.901. The largest absolute Gasteiger partial charge is 0.490 e. The Labute approximate surface area is 124 Å². The topological polar surface area (TPSA) is 42.6 Å². The maximum absolute atomic E-state index is 10.5. The van der Waals surface area contributed by atoms with E-state index in [1.165, 1.54) is 6.42 Å². The van der Waals surface area contributed by atoms with Crippen LogP contribution in [0.4, 0.5) is 0 Å². The van der Waals surface area contributed by atoms with Gasteiger partial charge in [-0.15, -0.1) is 0 Å². The van der Waals surface area contributed by atoms with E-state index in [2.05, 4.69) is 6.92 Å². The predicted molar refractivity (Wildman–Crippen MR) is 79.4 cm³/mol. The maximum atomic E-state index is 10.5. The highest BCUT2D eigenvalue weighted by molar-refractivity contribution is 5.34. The van der Waals surface area contributed by atoms with Gasteiger partial charge in [0.2, 0.25) is 0 Å². The molecular formula is C18H20O3. The fourth-order valence-electron chi connectivity index (χ4n) is 2.73. The molecule has 0 spiro atoms. The van der Waals surface area contributed by atoms with E-state index in [0.717, 1.165) is 29.9 Å². The first-order chi connectivity index (χ1) is 10.2. The minimum atomic E-state index is -0.726. The van der Waals surface area contributed by atoms with Crippen molar-refractivity contribution in [3.8, 4) is 5.75 Å². The van der Waals surface area contributed by atoms with Crippen molar-refractivity contribution in [1.82, 2.24) is 0 Å². The van der Waals surface area contributed by atoms with Crippen molar-refractivity contribution >= 4 is 0 Å². The van der Waals surface area contributed by atoms with Crippen molar-refractivity contribution in [2.75, 3.05) is 0 Å². The first-order valence-electron chi connectivity index (χ1n) is 7.75. The lowest BCUT2D eigenvalue weighted by atomic mass is 10.1. The second kappa shape index (κ2) is 4.92. The van der Waals surface area contributed by atoms with Crippen LogP contribution in [0.25, 0.3) is 0 Å². The van der Waals surface area contributed by atoms with Crippen LogP contribution in [0.1, 0.15) is 55.3 Å². The van der Waals surface area contributed by atoms with Gasteiger partial charge < -0.3 is 14.3 Å². The Bertz CT molecular complexity index is 641. The summed E-state index contributed by atoms with van der Waals surface area (Å²) in [6, 6.07) is 11.6. The number of hydrogen-bond donors (Lipinski definition) is 1. The minimum Gasteiger partial charge on any atom is -0.490 e. The third-order valence-electron chi connectivity index (χ3n) is 4.39. The Morgan fingerprint density at radius 1 is 1.24 bits per heavy atom. The van der Waals surface area contributed by atoms with Crippen LogP contribution in [0.3, 0.4) is 0 Å². The van der Waals surface area contributed by atoms with E-state index in [1.807, 2.05) is 36.4 Å². The van der Waals surface area contributed by atoms with Crippen LogP contribution in [0, 0.1) is 5.92 Å². The van der Waals surface area contributed by atoms with E-state index in [4.69, 9.17) is 9.15 Å². The summed E-state index contributed by atoms with van der Waals surface area (Å²) < 4.78 is 11.6. The molecule has 1 N–H and O–H groups in total. The van der Waals surface area contributed by atoms with Crippen molar-refractivity contribution in [2.45, 2.75) is 44.3 Å². The van der Waals surface area contributed by atoms with E-state index < -0.39 is 6.10 Å². The number of hydrogen-bond acceptors (Lipinski definition) is 3. The average molecular weight is 284 g/mol. The van der Waals surface area contributed by atoms with Gasteiger partial charge in [-0.3, -0.25) is 0 Å². The van der Waals surface area contributed by atoms with Gasteiger partial charge in [0.1, 0.15) is 23.4 Å². The zero-order chi connectivity index (χ0) is 14.4. The van der Waals surface area contributed by atoms with E-state index in [9.17, 15) is 5.11 Å². The van der Waals surface area contributed by atoms with Crippen molar-refractivity contribution < 1.29 is 14.3 Å². The fraction of sp³-hybridized carbons (Fsp3) is 0.444. The van der Waals surface area contributed by atoms with Gasteiger partial charge in [-0.05, 0) is 55.0 Å². The summed E-state index contributed by atoms with van der Waals surface area (Å²) in [6.07, 6.45) is 3.09. The Morgan fingerprint density at radius 2 is 2.05 bits per heavy atom. The zero-order valence-corrected chi connectivity index (χ0v) is 12.2. The molecule has 2 aliphatic carbocycles. The third kappa shape index (κ3) is 2.70. The van der Waals surface area contributed by atoms with Crippen molar-refractivity contribution in [3.05, 3.63) is 53.5 Å². The standard InChI is InChI=1S/C18H20O3/c1-11-9-15(11)16-7-8-17(21-16)18(19)12-3-2-4-14(10-12)20-13-5-6-13/h2-4,7-8,10-11,13,15,18-19H,5-6,9H2,1H3. The van der Waals surface area contributed by atoms with Crippen LogP contribution in [0.5, 0.6) is 5.75 Å². The molecule has 0 bridgehead atoms. The molecular weight excluding hydrogens is 264 g/mol. The average Bonchev–Trinajstić information content (AvgIpc) is 3.39. The second-order valence-electron chi connectivity index (χ2n) is 6.35. The van der Waals surface area contributed by atoms with E-state index in [1.54, 1.807) is 0 Å². The molecule has 1 aromatic heterocycles. The van der Waals surface area contributed by atoms with E-state index in [0.29, 0.717) is 23.7 Å². The summed E-state index contributed by atoms with van der Waals surface area (Å²) in [6.45, 7) is 2.22. The molecule has 3 nitrogen and oxygen atoms in total. The smallest absolute Gasteiger partial charge is 0.137 e. The Kier molecular flexibility index (Phi) is 3.03. The van der Waals surface area contributed by atoms with Crippen LogP contribution in [-0.2, 0) is 0 Å². The van der Waals surface area contributed by atoms with Crippen LogP contribution in [-0.4, -0.2) is 11.2 Å². The SMILES string of the molecule is CC1CC1c1ccc(C(O)c2cccc(OC3CC3)c2)o1. The Balaban J connectivity index is 1.52. The molecule has 3 heteroatoms. The second-order valence-corrected chi connectivity index (χ2v) is 6.35. The molecule has 0 radical (unpaired) electrons. The summed E-state index contributed by atoms with van der Waals surface area (Å²) in [5.41, 5.74) is 0.817. The summed E-state index contributed by atoms with van der Waals surface area (Å²) in [4.78, 5) is 0. The van der Waals surface area contributed by atoms with Crippen LogP contribution < -0.4 is 4.74 Å². The molecule has 1 aromatic carbocycles. The lowest BCUT2D eigenvalue weighted by Gasteiger charge is -2.11. The predicted octanol–water partition coefficient (Wildman–Crippen LogP) is 4.03. The van der Waals surface area contributed by atoms with Gasteiger partial charge in [-0.25, -0.2) is 0 Å². The molecule has 0 amide bonds. The van der Waals surface area contributed by atoms with Gasteiger partial charge in [-0.2, -0.15) is 0 Å². The molecule has 3 atom stereocenters. The highest BCUT2D eigenvalue weighted by Crippen LogP contribution is 2.47. The molecule has 2 fully saturated rings. The summed E-state index contributed by atoms with van der Waals surface area (Å²) in [7, 11) is 0. The molecule has 2 saturated carbocycles. The van der Waals surface area contributed by atoms with Crippen molar-refractivity contribution in [1.29, 1.82) is 0 Å². The molecule has 3 unspecified atom stereocenters. The molecule has 1 heterocycles. The molecule has 110 valence electrons. The molecule has 4 rings (SSSR count). The highest BCUT2D eigenvalue weighted by Gasteiger charge is 2.37. The van der Waals surface area contributed by atoms with Gasteiger partial charge >= 0.3 is 0 Å². The minimum absolute atomic E-state index is 0.365.